The van der Waals surface area contributed by atoms with Gasteiger partial charge in [0.1, 0.15) is 11.5 Å². The fourth-order valence-corrected chi connectivity index (χ4v) is 5.72. The van der Waals surface area contributed by atoms with Crippen LogP contribution in [0, 0.1) is 0 Å². The standard InChI is InChI=1S/C34H33Br2N3O5/c1-42-30-10-5-3-8-26(30)22-37-39-33(41)34(21-25-7-2-4-9-29(25)36)31(23-11-15-27(35)16-12-23)44-32(38-34)24-13-17-28(18-14-24)43-20-6-19-40/h2-5,7-18,31,37,40H,6,19-22H2,1H3,(H,39,41)/t31-,34-/m0/s1. The summed E-state index contributed by atoms with van der Waals surface area (Å²) in [5.74, 6) is 1.41. The molecule has 10 heteroatoms. The predicted octanol–water partition coefficient (Wildman–Crippen LogP) is 6.30. The molecule has 5 rings (SSSR count). The quantitative estimate of drug-likeness (QED) is 0.111. The molecule has 0 saturated heterocycles. The van der Waals surface area contributed by atoms with Gasteiger partial charge in [0.05, 0.1) is 13.7 Å². The zero-order chi connectivity index (χ0) is 30.9. The molecule has 4 aromatic carbocycles. The number of para-hydroxylation sites is 1. The van der Waals surface area contributed by atoms with E-state index in [0.717, 1.165) is 31.4 Å². The second kappa shape index (κ2) is 14.9. The molecule has 0 saturated carbocycles. The van der Waals surface area contributed by atoms with Crippen molar-refractivity contribution < 1.29 is 24.1 Å². The van der Waals surface area contributed by atoms with Crippen LogP contribution >= 0.6 is 31.9 Å². The third-order valence-electron chi connectivity index (χ3n) is 7.29. The summed E-state index contributed by atoms with van der Waals surface area (Å²) in [4.78, 5) is 19.5. The van der Waals surface area contributed by atoms with Gasteiger partial charge in [0, 0.05) is 46.1 Å². The number of benzene rings is 4. The lowest BCUT2D eigenvalue weighted by Crippen LogP contribution is -2.53. The van der Waals surface area contributed by atoms with E-state index in [-0.39, 0.29) is 18.9 Å². The average Bonchev–Trinajstić information content (AvgIpc) is 3.43. The van der Waals surface area contributed by atoms with E-state index in [1.165, 1.54) is 0 Å². The summed E-state index contributed by atoms with van der Waals surface area (Å²) < 4.78 is 19.6. The number of nitrogens with zero attached hydrogens (tertiary/aromatic N) is 1. The minimum atomic E-state index is -1.36. The Balaban J connectivity index is 1.52. The molecule has 2 atom stereocenters. The number of aliphatic imine (C=N–C) groups is 1. The molecule has 0 radical (unpaired) electrons. The zero-order valence-electron chi connectivity index (χ0n) is 24.1. The van der Waals surface area contributed by atoms with Gasteiger partial charge in [0.15, 0.2) is 11.6 Å². The number of hydrogen-bond acceptors (Lipinski definition) is 7. The van der Waals surface area contributed by atoms with E-state index in [2.05, 4.69) is 42.7 Å². The Labute approximate surface area is 273 Å². The van der Waals surface area contributed by atoms with Gasteiger partial charge in [0.2, 0.25) is 5.90 Å². The van der Waals surface area contributed by atoms with E-state index >= 15 is 0 Å². The Morgan fingerprint density at radius 2 is 1.66 bits per heavy atom. The van der Waals surface area contributed by atoms with E-state index in [1.54, 1.807) is 7.11 Å². The molecule has 1 aliphatic heterocycles. The number of aliphatic hydroxyl groups excluding tert-OH is 1. The SMILES string of the molecule is COc1ccccc1CNNC(=O)[C@@]1(Cc2ccccc2Br)N=C(c2ccc(OCCCO)cc2)O[C@H]1c1ccc(Br)cc1. The highest BCUT2D eigenvalue weighted by Gasteiger charge is 2.53. The Hall–Kier alpha value is -3.70. The van der Waals surface area contributed by atoms with Crippen molar-refractivity contribution in [2.45, 2.75) is 31.0 Å². The lowest BCUT2D eigenvalue weighted by molar-refractivity contribution is -0.130. The van der Waals surface area contributed by atoms with Crippen LogP contribution in [0.25, 0.3) is 0 Å². The van der Waals surface area contributed by atoms with E-state index in [0.29, 0.717) is 36.8 Å². The summed E-state index contributed by atoms with van der Waals surface area (Å²) in [6, 6.07) is 30.5. The summed E-state index contributed by atoms with van der Waals surface area (Å²) in [7, 11) is 1.62. The smallest absolute Gasteiger partial charge is 0.266 e. The number of hydrazine groups is 1. The van der Waals surface area contributed by atoms with E-state index in [4.69, 9.17) is 24.3 Å². The maximum Gasteiger partial charge on any atom is 0.266 e. The Kier molecular flexibility index (Phi) is 10.7. The average molecular weight is 723 g/mol. The molecule has 0 spiro atoms. The van der Waals surface area contributed by atoms with Crippen LogP contribution in [0.2, 0.25) is 0 Å². The molecule has 8 nitrogen and oxygen atoms in total. The first-order valence-corrected chi connectivity index (χ1v) is 15.8. The second-order valence-corrected chi connectivity index (χ2v) is 12.0. The van der Waals surface area contributed by atoms with Crippen LogP contribution in [-0.4, -0.2) is 42.8 Å². The lowest BCUT2D eigenvalue weighted by Gasteiger charge is -2.31. The van der Waals surface area contributed by atoms with Crippen LogP contribution in [0.15, 0.2) is 111 Å². The van der Waals surface area contributed by atoms with Gasteiger partial charge >= 0.3 is 0 Å². The predicted molar refractivity (Wildman–Crippen MR) is 177 cm³/mol. The Bertz CT molecular complexity index is 1600. The van der Waals surface area contributed by atoms with Gasteiger partial charge in [-0.1, -0.05) is 80.4 Å². The van der Waals surface area contributed by atoms with Crippen LogP contribution in [0.5, 0.6) is 11.5 Å². The highest BCUT2D eigenvalue weighted by atomic mass is 79.9. The van der Waals surface area contributed by atoms with Crippen molar-refractivity contribution in [3.05, 3.63) is 128 Å². The molecule has 1 amide bonds. The number of aliphatic hydroxyl groups is 1. The fourth-order valence-electron chi connectivity index (χ4n) is 5.03. The number of halogens is 2. The second-order valence-electron chi connectivity index (χ2n) is 10.2. The number of nitrogens with one attached hydrogen (secondary N) is 2. The van der Waals surface area contributed by atoms with Gasteiger partial charge in [-0.3, -0.25) is 10.2 Å². The topological polar surface area (TPSA) is 101 Å². The molecular formula is C34H33Br2N3O5. The summed E-state index contributed by atoms with van der Waals surface area (Å²) in [5, 5.41) is 9.06. The van der Waals surface area contributed by atoms with Gasteiger partial charge < -0.3 is 19.3 Å². The van der Waals surface area contributed by atoms with Gasteiger partial charge in [-0.2, -0.15) is 0 Å². The van der Waals surface area contributed by atoms with Crippen LogP contribution in [0.4, 0.5) is 0 Å². The van der Waals surface area contributed by atoms with E-state index < -0.39 is 11.6 Å². The minimum Gasteiger partial charge on any atom is -0.496 e. The number of rotatable bonds is 13. The van der Waals surface area contributed by atoms with Crippen molar-refractivity contribution in [1.29, 1.82) is 0 Å². The number of carbonyl (C=O) groups is 1. The van der Waals surface area contributed by atoms with Crippen molar-refractivity contribution in [3.8, 4) is 11.5 Å². The molecule has 44 heavy (non-hydrogen) atoms. The molecule has 0 unspecified atom stereocenters. The number of hydrogen-bond donors (Lipinski definition) is 3. The number of methoxy groups -OCH3 is 1. The minimum absolute atomic E-state index is 0.0651. The first-order valence-electron chi connectivity index (χ1n) is 14.2. The van der Waals surface area contributed by atoms with Gasteiger partial charge in [-0.15, -0.1) is 0 Å². The summed E-state index contributed by atoms with van der Waals surface area (Å²) in [6.07, 6.45) is 0.0826. The normalized spacial score (nSPS) is 17.5. The van der Waals surface area contributed by atoms with E-state index in [1.807, 2.05) is 97.1 Å². The molecule has 0 fully saturated rings. The number of ether oxygens (including phenoxy) is 3. The molecule has 0 aliphatic carbocycles. The maximum atomic E-state index is 14.4. The van der Waals surface area contributed by atoms with Crippen molar-refractivity contribution in [2.24, 2.45) is 4.99 Å². The monoisotopic (exact) mass is 721 g/mol. The van der Waals surface area contributed by atoms with Crippen molar-refractivity contribution in [3.63, 3.8) is 0 Å². The fraction of sp³-hybridized carbons (Fsp3) is 0.235. The summed E-state index contributed by atoms with van der Waals surface area (Å²) in [5.41, 5.74) is 7.98. The van der Waals surface area contributed by atoms with Crippen LogP contribution in [-0.2, 0) is 22.5 Å². The first kappa shape index (κ1) is 31.7. The largest absolute Gasteiger partial charge is 0.496 e. The molecule has 1 aliphatic rings. The van der Waals surface area contributed by atoms with E-state index in [9.17, 15) is 4.79 Å². The summed E-state index contributed by atoms with van der Waals surface area (Å²) in [6.45, 7) is 0.824. The summed E-state index contributed by atoms with van der Waals surface area (Å²) >= 11 is 7.19. The first-order chi connectivity index (χ1) is 21.4. The van der Waals surface area contributed by atoms with Crippen molar-refractivity contribution in [1.82, 2.24) is 10.9 Å². The highest BCUT2D eigenvalue weighted by molar-refractivity contribution is 9.10. The van der Waals surface area contributed by atoms with Gasteiger partial charge in [-0.05, 0) is 59.7 Å². The zero-order valence-corrected chi connectivity index (χ0v) is 27.3. The van der Waals surface area contributed by atoms with Gasteiger partial charge in [0.25, 0.3) is 5.91 Å². The molecule has 228 valence electrons. The van der Waals surface area contributed by atoms with Crippen LogP contribution in [0.3, 0.4) is 0 Å². The third-order valence-corrected chi connectivity index (χ3v) is 8.60. The van der Waals surface area contributed by atoms with Crippen LogP contribution < -0.4 is 20.3 Å². The lowest BCUT2D eigenvalue weighted by atomic mass is 9.82. The van der Waals surface area contributed by atoms with Crippen molar-refractivity contribution >= 4 is 43.7 Å². The highest BCUT2D eigenvalue weighted by Crippen LogP contribution is 2.43. The Morgan fingerprint density at radius 3 is 2.36 bits per heavy atom. The number of carbonyl (C=O) groups excluding carboxylic acids is 1. The molecule has 3 N–H and O–H groups in total. The maximum absolute atomic E-state index is 14.4. The molecule has 0 bridgehead atoms. The molecule has 0 aromatic heterocycles. The molecular weight excluding hydrogens is 690 g/mol. The number of amides is 1. The molecule has 4 aromatic rings. The van der Waals surface area contributed by atoms with Crippen LogP contribution in [0.1, 0.15) is 34.8 Å². The molecule has 1 heterocycles. The third kappa shape index (κ3) is 7.32. The Morgan fingerprint density at radius 1 is 0.955 bits per heavy atom. The van der Waals surface area contributed by atoms with Gasteiger partial charge in [-0.25, -0.2) is 10.4 Å². The van der Waals surface area contributed by atoms with Crippen molar-refractivity contribution in [2.75, 3.05) is 20.3 Å².